The molecule has 0 fully saturated rings. The van der Waals surface area contributed by atoms with Crippen LogP contribution in [0.5, 0.6) is 0 Å². The van der Waals surface area contributed by atoms with E-state index >= 15 is 0 Å². The van der Waals surface area contributed by atoms with Crippen LogP contribution in [-0.4, -0.2) is 22.0 Å². The van der Waals surface area contributed by atoms with E-state index in [1.54, 1.807) is 20.8 Å². The highest BCUT2D eigenvalue weighted by Crippen LogP contribution is 2.20. The van der Waals surface area contributed by atoms with Crippen molar-refractivity contribution in [3.63, 3.8) is 0 Å². The van der Waals surface area contributed by atoms with Crippen LogP contribution >= 0.6 is 0 Å². The summed E-state index contributed by atoms with van der Waals surface area (Å²) in [6.45, 7) is 5.29. The molecule has 116 valence electrons. The lowest BCUT2D eigenvalue weighted by molar-refractivity contribution is -0.123. The van der Waals surface area contributed by atoms with Gasteiger partial charge in [0.05, 0.1) is 5.69 Å². The van der Waals surface area contributed by atoms with Gasteiger partial charge in [-0.25, -0.2) is 4.39 Å². The van der Waals surface area contributed by atoms with E-state index in [0.29, 0.717) is 11.4 Å². The Morgan fingerprint density at radius 3 is 2.36 bits per heavy atom. The number of benzene rings is 1. The molecule has 0 aliphatic rings. The first-order chi connectivity index (χ1) is 10.3. The average Bonchev–Trinajstić information content (AvgIpc) is 2.88. The molecule has 0 spiro atoms. The van der Waals surface area contributed by atoms with Gasteiger partial charge in [0.2, 0.25) is 5.91 Å². The van der Waals surface area contributed by atoms with Crippen molar-refractivity contribution in [2.45, 2.75) is 20.8 Å². The standard InChI is InChI=1S/C15H17FN4O2/c1-15(2,3)14(22)19-11-8-17-20-12(11)13(21)18-10-6-4-9(16)5-7-10/h4-8H,1-3H3,(H,17,20)(H,18,21)(H,19,22). The molecular weight excluding hydrogens is 287 g/mol. The Kier molecular flexibility index (Phi) is 4.25. The van der Waals surface area contributed by atoms with Gasteiger partial charge in [0.15, 0.2) is 5.69 Å². The molecule has 6 nitrogen and oxygen atoms in total. The Labute approximate surface area is 127 Å². The maximum Gasteiger partial charge on any atom is 0.278 e. The molecule has 1 heterocycles. The van der Waals surface area contributed by atoms with Gasteiger partial charge in [0, 0.05) is 17.3 Å². The van der Waals surface area contributed by atoms with Crippen molar-refractivity contribution in [3.8, 4) is 0 Å². The number of carbonyl (C=O) groups is 2. The second-order valence-electron chi connectivity index (χ2n) is 5.81. The average molecular weight is 304 g/mol. The maximum atomic E-state index is 12.8. The van der Waals surface area contributed by atoms with Crippen LogP contribution in [0, 0.1) is 11.2 Å². The van der Waals surface area contributed by atoms with Crippen molar-refractivity contribution in [3.05, 3.63) is 42.0 Å². The van der Waals surface area contributed by atoms with Gasteiger partial charge < -0.3 is 10.6 Å². The molecule has 3 N–H and O–H groups in total. The number of amides is 2. The summed E-state index contributed by atoms with van der Waals surface area (Å²) in [4.78, 5) is 24.1. The van der Waals surface area contributed by atoms with Gasteiger partial charge >= 0.3 is 0 Å². The largest absolute Gasteiger partial charge is 0.322 e. The Hall–Kier alpha value is -2.70. The van der Waals surface area contributed by atoms with Crippen LogP contribution in [0.2, 0.25) is 0 Å². The molecule has 0 atom stereocenters. The number of H-pyrrole nitrogens is 1. The summed E-state index contributed by atoms with van der Waals surface area (Å²) in [5.74, 6) is -1.13. The molecule has 1 aromatic heterocycles. The smallest absolute Gasteiger partial charge is 0.278 e. The molecule has 0 saturated carbocycles. The van der Waals surface area contributed by atoms with Crippen LogP contribution in [0.25, 0.3) is 0 Å². The Morgan fingerprint density at radius 2 is 1.77 bits per heavy atom. The van der Waals surface area contributed by atoms with E-state index in [0.717, 1.165) is 0 Å². The molecule has 0 aliphatic carbocycles. The lowest BCUT2D eigenvalue weighted by Crippen LogP contribution is -2.28. The zero-order chi connectivity index (χ0) is 16.3. The van der Waals surface area contributed by atoms with Gasteiger partial charge in [-0.3, -0.25) is 14.7 Å². The van der Waals surface area contributed by atoms with E-state index in [-0.39, 0.29) is 11.6 Å². The van der Waals surface area contributed by atoms with Crippen LogP contribution < -0.4 is 10.6 Å². The molecule has 1 aromatic carbocycles. The fourth-order valence-electron chi connectivity index (χ4n) is 1.59. The molecule has 0 saturated heterocycles. The van der Waals surface area contributed by atoms with Crippen LogP contribution in [0.1, 0.15) is 31.3 Å². The van der Waals surface area contributed by atoms with Crippen LogP contribution in [0.3, 0.4) is 0 Å². The number of rotatable bonds is 3. The number of carbonyl (C=O) groups excluding carboxylic acids is 2. The van der Waals surface area contributed by atoms with Crippen LogP contribution in [0.15, 0.2) is 30.5 Å². The Balaban J connectivity index is 2.13. The van der Waals surface area contributed by atoms with Gasteiger partial charge in [-0.05, 0) is 24.3 Å². The van der Waals surface area contributed by atoms with E-state index in [1.165, 1.54) is 30.5 Å². The van der Waals surface area contributed by atoms with Gasteiger partial charge in [0.25, 0.3) is 5.91 Å². The molecule has 0 aliphatic heterocycles. The third-order valence-electron chi connectivity index (χ3n) is 2.89. The number of nitrogens with one attached hydrogen (secondary N) is 3. The number of hydrogen-bond acceptors (Lipinski definition) is 3. The minimum absolute atomic E-state index is 0.0573. The number of aromatic nitrogens is 2. The molecule has 0 unspecified atom stereocenters. The second kappa shape index (κ2) is 5.97. The Bertz CT molecular complexity index is 686. The summed E-state index contributed by atoms with van der Waals surface area (Å²) in [5, 5.41) is 11.6. The molecule has 7 heteroatoms. The summed E-state index contributed by atoms with van der Waals surface area (Å²) < 4.78 is 12.8. The first-order valence-corrected chi connectivity index (χ1v) is 6.69. The normalized spacial score (nSPS) is 11.1. The summed E-state index contributed by atoms with van der Waals surface area (Å²) in [5.41, 5.74) is 0.186. The third kappa shape index (κ3) is 3.69. The van der Waals surface area contributed by atoms with Gasteiger partial charge in [-0.15, -0.1) is 0 Å². The first kappa shape index (κ1) is 15.7. The second-order valence-corrected chi connectivity index (χ2v) is 5.81. The highest BCUT2D eigenvalue weighted by atomic mass is 19.1. The zero-order valence-corrected chi connectivity index (χ0v) is 12.5. The number of halogens is 1. The monoisotopic (exact) mass is 304 g/mol. The summed E-state index contributed by atoms with van der Waals surface area (Å²) in [6.07, 6.45) is 1.43. The van der Waals surface area contributed by atoms with Gasteiger partial charge in [-0.1, -0.05) is 20.8 Å². The van der Waals surface area contributed by atoms with Gasteiger partial charge in [0.1, 0.15) is 5.82 Å². The highest BCUT2D eigenvalue weighted by molar-refractivity contribution is 6.09. The zero-order valence-electron chi connectivity index (χ0n) is 12.5. The topological polar surface area (TPSA) is 86.9 Å². The molecule has 2 rings (SSSR count). The fourth-order valence-corrected chi connectivity index (χ4v) is 1.59. The van der Waals surface area contributed by atoms with Crippen molar-refractivity contribution >= 4 is 23.2 Å². The van der Waals surface area contributed by atoms with Crippen molar-refractivity contribution in [2.24, 2.45) is 5.41 Å². The number of aromatic amines is 1. The maximum absolute atomic E-state index is 12.8. The van der Waals surface area contributed by atoms with Crippen molar-refractivity contribution in [1.82, 2.24) is 10.2 Å². The van der Waals surface area contributed by atoms with E-state index in [4.69, 9.17) is 0 Å². The molecule has 2 amide bonds. The third-order valence-corrected chi connectivity index (χ3v) is 2.89. The van der Waals surface area contributed by atoms with Crippen molar-refractivity contribution in [2.75, 3.05) is 10.6 Å². The SMILES string of the molecule is CC(C)(C)C(=O)Nc1c[nH]nc1C(=O)Nc1ccc(F)cc1. The number of hydrogen-bond donors (Lipinski definition) is 3. The summed E-state index contributed by atoms with van der Waals surface area (Å²) >= 11 is 0. The molecule has 22 heavy (non-hydrogen) atoms. The highest BCUT2D eigenvalue weighted by Gasteiger charge is 2.24. The number of nitrogens with zero attached hydrogens (tertiary/aromatic N) is 1. The van der Waals surface area contributed by atoms with Gasteiger partial charge in [-0.2, -0.15) is 5.10 Å². The minimum atomic E-state index is -0.595. The predicted octanol–water partition coefficient (Wildman–Crippen LogP) is 2.79. The van der Waals surface area contributed by atoms with E-state index in [2.05, 4.69) is 20.8 Å². The minimum Gasteiger partial charge on any atom is -0.322 e. The van der Waals surface area contributed by atoms with E-state index in [1.807, 2.05) is 0 Å². The molecule has 2 aromatic rings. The quantitative estimate of drug-likeness (QED) is 0.815. The van der Waals surface area contributed by atoms with Crippen LogP contribution in [0.4, 0.5) is 15.8 Å². The lowest BCUT2D eigenvalue weighted by Gasteiger charge is -2.17. The Morgan fingerprint density at radius 1 is 1.14 bits per heavy atom. The summed E-state index contributed by atoms with van der Waals surface area (Å²) in [6, 6.07) is 5.35. The van der Waals surface area contributed by atoms with Crippen molar-refractivity contribution in [1.29, 1.82) is 0 Å². The van der Waals surface area contributed by atoms with Crippen molar-refractivity contribution < 1.29 is 14.0 Å². The first-order valence-electron chi connectivity index (χ1n) is 6.69. The number of anilines is 2. The molecular formula is C15H17FN4O2. The summed E-state index contributed by atoms with van der Waals surface area (Å²) in [7, 11) is 0. The lowest BCUT2D eigenvalue weighted by atomic mass is 9.95. The van der Waals surface area contributed by atoms with E-state index in [9.17, 15) is 14.0 Å². The van der Waals surface area contributed by atoms with E-state index < -0.39 is 17.1 Å². The van der Waals surface area contributed by atoms with Crippen LogP contribution in [-0.2, 0) is 4.79 Å². The predicted molar refractivity (Wildman–Crippen MR) is 81.0 cm³/mol. The molecule has 0 bridgehead atoms. The molecule has 0 radical (unpaired) electrons. The fraction of sp³-hybridized carbons (Fsp3) is 0.267.